The fourth-order valence-corrected chi connectivity index (χ4v) is 3.36. The second-order valence-corrected chi connectivity index (χ2v) is 7.66. The molecular formula is C22H36N6. The van der Waals surface area contributed by atoms with Gasteiger partial charge in [-0.25, -0.2) is 0 Å². The molecule has 1 heterocycles. The lowest BCUT2D eigenvalue weighted by Crippen LogP contribution is -2.39. The molecule has 0 saturated carbocycles. The highest BCUT2D eigenvalue weighted by Gasteiger charge is 2.14. The van der Waals surface area contributed by atoms with Crippen LogP contribution in [0, 0.1) is 0 Å². The Balaban J connectivity index is 1.76. The first kappa shape index (κ1) is 21.8. The van der Waals surface area contributed by atoms with E-state index in [-0.39, 0.29) is 0 Å². The van der Waals surface area contributed by atoms with Gasteiger partial charge in [-0.2, -0.15) is 5.10 Å². The molecule has 0 unspecified atom stereocenters. The van der Waals surface area contributed by atoms with Gasteiger partial charge in [-0.15, -0.1) is 0 Å². The second-order valence-electron chi connectivity index (χ2n) is 7.66. The molecule has 1 N–H and O–H groups in total. The van der Waals surface area contributed by atoms with Crippen LogP contribution in [-0.4, -0.2) is 54.9 Å². The molecule has 0 aliphatic heterocycles. The molecule has 0 amide bonds. The second kappa shape index (κ2) is 10.7. The maximum Gasteiger partial charge on any atom is 0.193 e. The van der Waals surface area contributed by atoms with Crippen molar-refractivity contribution in [1.82, 2.24) is 20.0 Å². The van der Waals surface area contributed by atoms with Gasteiger partial charge in [-0.3, -0.25) is 9.67 Å². The van der Waals surface area contributed by atoms with E-state index < -0.39 is 0 Å². The molecule has 28 heavy (non-hydrogen) atoms. The molecule has 0 bridgehead atoms. The predicted octanol–water partition coefficient (Wildman–Crippen LogP) is 3.47. The minimum atomic E-state index is 0.418. The summed E-state index contributed by atoms with van der Waals surface area (Å²) in [5.41, 5.74) is 3.68. The highest BCUT2D eigenvalue weighted by Crippen LogP contribution is 2.18. The summed E-state index contributed by atoms with van der Waals surface area (Å²) >= 11 is 0. The summed E-state index contributed by atoms with van der Waals surface area (Å²) < 4.78 is 1.90. The topological polar surface area (TPSA) is 48.7 Å². The molecule has 6 nitrogen and oxygen atoms in total. The molecule has 154 valence electrons. The van der Waals surface area contributed by atoms with Gasteiger partial charge in [0.1, 0.15) is 0 Å². The van der Waals surface area contributed by atoms with Gasteiger partial charge in [-0.05, 0) is 30.9 Å². The van der Waals surface area contributed by atoms with E-state index in [0.29, 0.717) is 5.92 Å². The zero-order chi connectivity index (χ0) is 20.5. The number of aliphatic imine (C=N–C) groups is 1. The Morgan fingerprint density at radius 2 is 1.89 bits per heavy atom. The highest BCUT2D eigenvalue weighted by molar-refractivity contribution is 5.79. The maximum atomic E-state index is 4.60. The first-order valence-corrected chi connectivity index (χ1v) is 10.1. The third kappa shape index (κ3) is 6.29. The molecule has 0 saturated heterocycles. The number of para-hydroxylation sites is 1. The van der Waals surface area contributed by atoms with Crippen molar-refractivity contribution < 1.29 is 0 Å². The van der Waals surface area contributed by atoms with E-state index in [1.807, 2.05) is 18.8 Å². The maximum absolute atomic E-state index is 4.60. The average molecular weight is 385 g/mol. The number of rotatable bonds is 9. The Hall–Kier alpha value is -2.50. The molecule has 2 rings (SSSR count). The summed E-state index contributed by atoms with van der Waals surface area (Å²) in [6, 6.07) is 10.5. The summed E-state index contributed by atoms with van der Waals surface area (Å²) in [5.74, 6) is 1.34. The Labute approximate surface area is 170 Å². The van der Waals surface area contributed by atoms with Crippen LogP contribution in [0.4, 0.5) is 5.69 Å². The summed E-state index contributed by atoms with van der Waals surface area (Å²) in [4.78, 5) is 8.91. The normalized spacial score (nSPS) is 11.8. The number of nitrogens with one attached hydrogen (secondary N) is 1. The Morgan fingerprint density at radius 1 is 1.18 bits per heavy atom. The number of nitrogens with zero attached hydrogens (tertiary/aromatic N) is 5. The van der Waals surface area contributed by atoms with Gasteiger partial charge in [0.15, 0.2) is 5.96 Å². The fourth-order valence-electron chi connectivity index (χ4n) is 3.36. The molecule has 0 aliphatic rings. The molecule has 1 aromatic carbocycles. The molecule has 0 fully saturated rings. The molecule has 6 heteroatoms. The summed E-state index contributed by atoms with van der Waals surface area (Å²) in [5, 5.41) is 8.09. The summed E-state index contributed by atoms with van der Waals surface area (Å²) in [7, 11) is 8.05. The SMILES string of the molecule is CN=C(NCCCCN(C)c1ccccc1)N(C)Cc1cn(C)nc1C(C)C. The average Bonchev–Trinajstić information content (AvgIpc) is 3.05. The smallest absolute Gasteiger partial charge is 0.193 e. The minimum absolute atomic E-state index is 0.418. The first-order valence-electron chi connectivity index (χ1n) is 10.1. The molecular weight excluding hydrogens is 348 g/mol. The fraction of sp³-hybridized carbons (Fsp3) is 0.545. The van der Waals surface area contributed by atoms with E-state index in [2.05, 4.69) is 89.7 Å². The van der Waals surface area contributed by atoms with Crippen molar-refractivity contribution in [3.05, 3.63) is 47.8 Å². The number of benzene rings is 1. The van der Waals surface area contributed by atoms with Crippen molar-refractivity contribution in [1.29, 1.82) is 0 Å². The molecule has 0 radical (unpaired) electrons. The van der Waals surface area contributed by atoms with E-state index in [9.17, 15) is 0 Å². The van der Waals surface area contributed by atoms with Crippen LogP contribution in [0.5, 0.6) is 0 Å². The van der Waals surface area contributed by atoms with Crippen molar-refractivity contribution in [3.63, 3.8) is 0 Å². The van der Waals surface area contributed by atoms with E-state index in [1.165, 1.54) is 11.3 Å². The first-order chi connectivity index (χ1) is 13.4. The number of aromatic nitrogens is 2. The summed E-state index contributed by atoms with van der Waals surface area (Å²) in [6.07, 6.45) is 4.35. The quantitative estimate of drug-likeness (QED) is 0.409. The molecule has 2 aromatic rings. The molecule has 0 spiro atoms. The van der Waals surface area contributed by atoms with Gasteiger partial charge in [0.2, 0.25) is 0 Å². The third-order valence-corrected chi connectivity index (χ3v) is 4.87. The lowest BCUT2D eigenvalue weighted by atomic mass is 10.1. The van der Waals surface area contributed by atoms with Crippen LogP contribution < -0.4 is 10.2 Å². The lowest BCUT2D eigenvalue weighted by molar-refractivity contribution is 0.471. The number of unbranched alkanes of at least 4 members (excludes halogenated alkanes) is 1. The standard InChI is InChI=1S/C22H36N6/c1-18(2)21-19(17-28(6)25-21)16-27(5)22(23-3)24-14-10-11-15-26(4)20-12-8-7-9-13-20/h7-9,12-13,17-18H,10-11,14-16H2,1-6H3,(H,23,24). The zero-order valence-electron chi connectivity index (χ0n) is 18.3. The lowest BCUT2D eigenvalue weighted by Gasteiger charge is -2.23. The Bertz CT molecular complexity index is 735. The predicted molar refractivity (Wildman–Crippen MR) is 119 cm³/mol. The van der Waals surface area contributed by atoms with Crippen molar-refractivity contribution >= 4 is 11.6 Å². The monoisotopic (exact) mass is 384 g/mol. The van der Waals surface area contributed by atoms with Gasteiger partial charge in [0.05, 0.1) is 5.69 Å². The van der Waals surface area contributed by atoms with Crippen molar-refractivity contribution in [3.8, 4) is 0 Å². The van der Waals surface area contributed by atoms with Gasteiger partial charge >= 0.3 is 0 Å². The van der Waals surface area contributed by atoms with Crippen molar-refractivity contribution in [2.45, 2.75) is 39.2 Å². The number of hydrogen-bond acceptors (Lipinski definition) is 3. The van der Waals surface area contributed by atoms with Crippen LogP contribution in [0.3, 0.4) is 0 Å². The molecule has 0 atom stereocenters. The Kier molecular flexibility index (Phi) is 8.36. The van der Waals surface area contributed by atoms with Crippen molar-refractivity contribution in [2.24, 2.45) is 12.0 Å². The molecule has 1 aromatic heterocycles. The van der Waals surface area contributed by atoms with Gasteiger partial charge in [0.25, 0.3) is 0 Å². The zero-order valence-corrected chi connectivity index (χ0v) is 18.3. The van der Waals surface area contributed by atoms with E-state index >= 15 is 0 Å². The van der Waals surface area contributed by atoms with Crippen LogP contribution in [0.15, 0.2) is 41.5 Å². The summed E-state index contributed by atoms with van der Waals surface area (Å²) in [6.45, 7) is 7.14. The van der Waals surface area contributed by atoms with Crippen LogP contribution in [0.2, 0.25) is 0 Å². The van der Waals surface area contributed by atoms with Crippen LogP contribution in [0.1, 0.15) is 43.9 Å². The van der Waals surface area contributed by atoms with Crippen LogP contribution >= 0.6 is 0 Å². The largest absolute Gasteiger partial charge is 0.375 e. The van der Waals surface area contributed by atoms with Crippen molar-refractivity contribution in [2.75, 3.05) is 39.1 Å². The molecule has 0 aliphatic carbocycles. The third-order valence-electron chi connectivity index (χ3n) is 4.87. The van der Waals surface area contributed by atoms with Gasteiger partial charge < -0.3 is 15.1 Å². The van der Waals surface area contributed by atoms with E-state index in [1.54, 1.807) is 0 Å². The van der Waals surface area contributed by atoms with Gasteiger partial charge in [-0.1, -0.05) is 32.0 Å². The van der Waals surface area contributed by atoms with E-state index in [0.717, 1.165) is 44.1 Å². The van der Waals surface area contributed by atoms with Crippen LogP contribution in [-0.2, 0) is 13.6 Å². The number of hydrogen-bond donors (Lipinski definition) is 1. The highest BCUT2D eigenvalue weighted by atomic mass is 15.3. The Morgan fingerprint density at radius 3 is 2.54 bits per heavy atom. The van der Waals surface area contributed by atoms with Crippen LogP contribution in [0.25, 0.3) is 0 Å². The minimum Gasteiger partial charge on any atom is -0.375 e. The van der Waals surface area contributed by atoms with E-state index in [4.69, 9.17) is 0 Å². The number of guanidine groups is 1. The number of anilines is 1. The number of aryl methyl sites for hydroxylation is 1. The van der Waals surface area contributed by atoms with Gasteiger partial charge in [0, 0.05) is 65.3 Å².